The van der Waals surface area contributed by atoms with Gasteiger partial charge < -0.3 is 24.1 Å². The molecule has 0 aromatic heterocycles. The molecule has 0 spiro atoms. The van der Waals surface area contributed by atoms with Crippen molar-refractivity contribution in [3.05, 3.63) is 0 Å². The molecule has 0 atom stereocenters. The maximum Gasteiger partial charge on any atom is 0.0707 e. The van der Waals surface area contributed by atoms with Crippen LogP contribution in [0.15, 0.2) is 0 Å². The van der Waals surface area contributed by atoms with Gasteiger partial charge >= 0.3 is 0 Å². The molecule has 0 amide bonds. The average molecular weight is 264 g/mol. The van der Waals surface area contributed by atoms with Crippen molar-refractivity contribution in [2.24, 2.45) is 0 Å². The van der Waals surface area contributed by atoms with Crippen LogP contribution in [0.2, 0.25) is 0 Å². The van der Waals surface area contributed by atoms with Gasteiger partial charge in [-0.25, -0.2) is 0 Å². The maximum atomic E-state index is 8.52. The van der Waals surface area contributed by atoms with E-state index in [1.807, 2.05) is 20.8 Å². The van der Waals surface area contributed by atoms with Crippen LogP contribution in [-0.4, -0.2) is 63.6 Å². The predicted octanol–water partition coefficient (Wildman–Crippen LogP) is 1.23. The molecule has 1 N–H and O–H groups in total. The summed E-state index contributed by atoms with van der Waals surface area (Å²) in [6.45, 7) is 10.3. The molecular weight excluding hydrogens is 236 g/mol. The lowest BCUT2D eigenvalue weighted by Crippen LogP contribution is -2.22. The van der Waals surface area contributed by atoms with Crippen molar-refractivity contribution in [1.29, 1.82) is 0 Å². The van der Waals surface area contributed by atoms with Gasteiger partial charge in [0.25, 0.3) is 0 Å². The van der Waals surface area contributed by atoms with E-state index in [1.165, 1.54) is 0 Å². The summed E-state index contributed by atoms with van der Waals surface area (Å²) in [6.07, 6.45) is 0.677. The van der Waals surface area contributed by atoms with Crippen LogP contribution in [0.25, 0.3) is 0 Å². The van der Waals surface area contributed by atoms with E-state index in [9.17, 15) is 0 Å². The fourth-order valence-electron chi connectivity index (χ4n) is 1.12. The minimum atomic E-state index is -0.105. The molecule has 0 rings (SSSR count). The molecule has 18 heavy (non-hydrogen) atoms. The fourth-order valence-corrected chi connectivity index (χ4v) is 1.12. The third-order valence-corrected chi connectivity index (χ3v) is 1.95. The molecule has 0 saturated carbocycles. The van der Waals surface area contributed by atoms with Crippen molar-refractivity contribution in [2.75, 3.05) is 52.9 Å². The van der Waals surface area contributed by atoms with E-state index in [2.05, 4.69) is 0 Å². The number of aliphatic hydroxyl groups is 1. The first-order valence-electron chi connectivity index (χ1n) is 6.54. The monoisotopic (exact) mass is 264 g/mol. The number of rotatable bonds is 12. The molecule has 5 nitrogen and oxygen atoms in total. The van der Waals surface area contributed by atoms with E-state index in [-0.39, 0.29) is 12.2 Å². The minimum absolute atomic E-state index is 0.105. The number of ether oxygens (including phenoxy) is 4. The lowest BCUT2D eigenvalue weighted by Gasteiger charge is -2.19. The Labute approximate surface area is 110 Å². The molecule has 0 saturated heterocycles. The first-order chi connectivity index (χ1) is 8.56. The Morgan fingerprint density at radius 2 is 1.17 bits per heavy atom. The topological polar surface area (TPSA) is 57.2 Å². The van der Waals surface area contributed by atoms with E-state index < -0.39 is 0 Å². The molecule has 0 aliphatic carbocycles. The average Bonchev–Trinajstić information content (AvgIpc) is 2.29. The Morgan fingerprint density at radius 1 is 0.722 bits per heavy atom. The first kappa shape index (κ1) is 17.8. The Kier molecular flexibility index (Phi) is 11.7. The van der Waals surface area contributed by atoms with Crippen molar-refractivity contribution in [3.63, 3.8) is 0 Å². The van der Waals surface area contributed by atoms with Crippen LogP contribution in [0.5, 0.6) is 0 Å². The van der Waals surface area contributed by atoms with Crippen LogP contribution in [0.3, 0.4) is 0 Å². The molecule has 0 radical (unpaired) electrons. The molecule has 0 aliphatic rings. The molecule has 0 heterocycles. The Balaban J connectivity index is 2.99. The summed E-state index contributed by atoms with van der Waals surface area (Å²) in [5, 5.41) is 8.52. The summed E-state index contributed by atoms with van der Waals surface area (Å²) in [5.74, 6) is 0. The zero-order valence-electron chi connectivity index (χ0n) is 11.9. The molecule has 0 bridgehead atoms. The summed E-state index contributed by atoms with van der Waals surface area (Å²) in [5.41, 5.74) is -0.105. The summed E-state index contributed by atoms with van der Waals surface area (Å²) in [6, 6.07) is 0. The lowest BCUT2D eigenvalue weighted by atomic mass is 10.2. The van der Waals surface area contributed by atoms with Crippen LogP contribution in [-0.2, 0) is 18.9 Å². The van der Waals surface area contributed by atoms with Crippen molar-refractivity contribution < 1.29 is 24.1 Å². The number of hydrogen-bond donors (Lipinski definition) is 1. The molecule has 0 aromatic carbocycles. The summed E-state index contributed by atoms with van der Waals surface area (Å²) >= 11 is 0. The van der Waals surface area contributed by atoms with E-state index >= 15 is 0 Å². The van der Waals surface area contributed by atoms with Crippen molar-refractivity contribution in [3.8, 4) is 0 Å². The van der Waals surface area contributed by atoms with Gasteiger partial charge in [-0.05, 0) is 27.2 Å². The van der Waals surface area contributed by atoms with Crippen molar-refractivity contribution in [1.82, 2.24) is 0 Å². The third-order valence-electron chi connectivity index (χ3n) is 1.95. The second-order valence-electron chi connectivity index (χ2n) is 4.88. The lowest BCUT2D eigenvalue weighted by molar-refractivity contribution is -0.0451. The zero-order chi connectivity index (χ0) is 13.7. The van der Waals surface area contributed by atoms with Crippen LogP contribution in [0, 0.1) is 0 Å². The molecule has 0 unspecified atom stereocenters. The highest BCUT2D eigenvalue weighted by Crippen LogP contribution is 2.05. The Morgan fingerprint density at radius 3 is 1.61 bits per heavy atom. The van der Waals surface area contributed by atoms with E-state index in [0.717, 1.165) is 0 Å². The summed E-state index contributed by atoms with van der Waals surface area (Å²) in [7, 11) is 0. The second kappa shape index (κ2) is 11.9. The van der Waals surface area contributed by atoms with E-state index in [4.69, 9.17) is 24.1 Å². The van der Waals surface area contributed by atoms with Crippen LogP contribution in [0.4, 0.5) is 0 Å². The minimum Gasteiger partial charge on any atom is -0.396 e. The van der Waals surface area contributed by atoms with Crippen LogP contribution in [0.1, 0.15) is 27.2 Å². The molecule has 0 aliphatic heterocycles. The van der Waals surface area contributed by atoms with Crippen LogP contribution >= 0.6 is 0 Å². The highest BCUT2D eigenvalue weighted by molar-refractivity contribution is 4.57. The van der Waals surface area contributed by atoms with E-state index in [0.29, 0.717) is 52.7 Å². The van der Waals surface area contributed by atoms with Gasteiger partial charge in [-0.3, -0.25) is 0 Å². The van der Waals surface area contributed by atoms with Gasteiger partial charge in [0.1, 0.15) is 0 Å². The van der Waals surface area contributed by atoms with Gasteiger partial charge in [-0.1, -0.05) is 0 Å². The van der Waals surface area contributed by atoms with Gasteiger partial charge in [-0.15, -0.1) is 0 Å². The highest BCUT2D eigenvalue weighted by Gasteiger charge is 2.08. The maximum absolute atomic E-state index is 8.52. The third kappa shape index (κ3) is 15.8. The normalized spacial score (nSPS) is 12.0. The van der Waals surface area contributed by atoms with Gasteiger partial charge in [0.05, 0.1) is 45.2 Å². The predicted molar refractivity (Wildman–Crippen MR) is 69.9 cm³/mol. The molecular formula is C13H28O5. The molecule has 0 fully saturated rings. The molecule has 5 heteroatoms. The second-order valence-corrected chi connectivity index (χ2v) is 4.88. The molecule has 0 aromatic rings. The zero-order valence-corrected chi connectivity index (χ0v) is 11.9. The molecule has 110 valence electrons. The quantitative estimate of drug-likeness (QED) is 0.537. The summed E-state index contributed by atoms with van der Waals surface area (Å²) < 4.78 is 21.4. The van der Waals surface area contributed by atoms with Crippen LogP contribution < -0.4 is 0 Å². The number of hydrogen-bond acceptors (Lipinski definition) is 5. The Bertz CT molecular complexity index is 167. The Hall–Kier alpha value is -0.200. The smallest absolute Gasteiger partial charge is 0.0707 e. The first-order valence-corrected chi connectivity index (χ1v) is 6.54. The van der Waals surface area contributed by atoms with Crippen molar-refractivity contribution in [2.45, 2.75) is 32.8 Å². The van der Waals surface area contributed by atoms with Gasteiger partial charge in [-0.2, -0.15) is 0 Å². The fraction of sp³-hybridized carbons (Fsp3) is 1.00. The highest BCUT2D eigenvalue weighted by atomic mass is 16.6. The van der Waals surface area contributed by atoms with E-state index in [1.54, 1.807) is 0 Å². The largest absolute Gasteiger partial charge is 0.396 e. The van der Waals surface area contributed by atoms with Crippen molar-refractivity contribution >= 4 is 0 Å². The van der Waals surface area contributed by atoms with Gasteiger partial charge in [0, 0.05) is 13.2 Å². The standard InChI is InChI=1S/C13H28O5/c1-13(2,3)18-12-11-17-10-9-16-8-7-15-6-4-5-14/h14H,4-12H2,1-3H3. The van der Waals surface area contributed by atoms with Gasteiger partial charge in [0.2, 0.25) is 0 Å². The van der Waals surface area contributed by atoms with Gasteiger partial charge in [0.15, 0.2) is 0 Å². The number of aliphatic hydroxyl groups excluding tert-OH is 1. The SMILES string of the molecule is CC(C)(C)OCCOCCOCCOCCCO. The summed E-state index contributed by atoms with van der Waals surface area (Å²) in [4.78, 5) is 0.